The number of rotatable bonds is 5. The number of benzene rings is 2. The standard InChI is InChI=1S/C23H15F2N3OS2/c1-13-18(24)9-16(10-19(13)25)15-5-2-4-14(8-15)12-31-23-27-21(20-6-3-7-30-20)17(11-26)22(29)28-23/h2-10H,12H2,1H3,(H,27,28,29). The van der Waals surface area contributed by atoms with E-state index >= 15 is 0 Å². The molecule has 154 valence electrons. The number of hydrogen-bond donors (Lipinski definition) is 1. The van der Waals surface area contributed by atoms with Crippen LogP contribution in [0.15, 0.2) is 63.9 Å². The highest BCUT2D eigenvalue weighted by atomic mass is 32.2. The Morgan fingerprint density at radius 1 is 1.13 bits per heavy atom. The zero-order valence-electron chi connectivity index (χ0n) is 16.3. The van der Waals surface area contributed by atoms with Gasteiger partial charge in [0.25, 0.3) is 5.56 Å². The van der Waals surface area contributed by atoms with Crippen molar-refractivity contribution < 1.29 is 8.78 Å². The van der Waals surface area contributed by atoms with Crippen molar-refractivity contribution in [3.63, 3.8) is 0 Å². The molecular formula is C23H15F2N3OS2. The molecule has 0 atom stereocenters. The maximum atomic E-state index is 13.9. The highest BCUT2D eigenvalue weighted by molar-refractivity contribution is 7.98. The van der Waals surface area contributed by atoms with Crippen LogP contribution in [0.25, 0.3) is 21.7 Å². The number of aromatic amines is 1. The lowest BCUT2D eigenvalue weighted by molar-refractivity contribution is 0.569. The number of thioether (sulfide) groups is 1. The van der Waals surface area contributed by atoms with Gasteiger partial charge in [-0.2, -0.15) is 5.26 Å². The van der Waals surface area contributed by atoms with Crippen molar-refractivity contribution in [2.75, 3.05) is 0 Å². The summed E-state index contributed by atoms with van der Waals surface area (Å²) >= 11 is 2.71. The maximum Gasteiger partial charge on any atom is 0.270 e. The van der Waals surface area contributed by atoms with Crippen LogP contribution in [-0.2, 0) is 5.75 Å². The molecule has 2 aromatic heterocycles. The lowest BCUT2D eigenvalue weighted by atomic mass is 10.0. The highest BCUT2D eigenvalue weighted by Gasteiger charge is 2.15. The lowest BCUT2D eigenvalue weighted by Gasteiger charge is -2.08. The Balaban J connectivity index is 1.60. The molecule has 2 aromatic carbocycles. The van der Waals surface area contributed by atoms with Gasteiger partial charge < -0.3 is 4.98 Å². The van der Waals surface area contributed by atoms with E-state index in [1.807, 2.05) is 41.8 Å². The van der Waals surface area contributed by atoms with Gasteiger partial charge in [0.1, 0.15) is 29.0 Å². The maximum absolute atomic E-state index is 13.9. The van der Waals surface area contributed by atoms with Crippen molar-refractivity contribution in [3.8, 4) is 27.8 Å². The predicted octanol–water partition coefficient (Wildman–Crippen LogP) is 5.92. The number of aromatic nitrogens is 2. The third kappa shape index (κ3) is 4.43. The number of thiophene rings is 1. The fourth-order valence-corrected chi connectivity index (χ4v) is 4.54. The minimum absolute atomic E-state index is 0.00662. The number of hydrogen-bond acceptors (Lipinski definition) is 5. The van der Waals surface area contributed by atoms with Crippen LogP contribution in [0.1, 0.15) is 16.7 Å². The van der Waals surface area contributed by atoms with Crippen LogP contribution in [0, 0.1) is 29.9 Å². The third-order valence-electron chi connectivity index (χ3n) is 4.68. The molecule has 0 spiro atoms. The minimum atomic E-state index is -0.588. The topological polar surface area (TPSA) is 69.5 Å². The monoisotopic (exact) mass is 451 g/mol. The molecule has 0 aliphatic carbocycles. The summed E-state index contributed by atoms with van der Waals surface area (Å²) in [6.45, 7) is 1.40. The summed E-state index contributed by atoms with van der Waals surface area (Å²) in [5.74, 6) is -0.700. The quantitative estimate of drug-likeness (QED) is 0.302. The van der Waals surface area contributed by atoms with Crippen molar-refractivity contribution in [2.45, 2.75) is 17.8 Å². The second kappa shape index (κ2) is 8.84. The molecule has 0 radical (unpaired) electrons. The van der Waals surface area contributed by atoms with E-state index in [2.05, 4.69) is 9.97 Å². The van der Waals surface area contributed by atoms with Gasteiger partial charge in [-0.05, 0) is 47.2 Å². The van der Waals surface area contributed by atoms with Crippen LogP contribution in [0.4, 0.5) is 8.78 Å². The SMILES string of the molecule is Cc1c(F)cc(-c2cccc(CSc3nc(-c4cccs4)c(C#N)c(=O)[nH]3)c2)cc1F. The van der Waals surface area contributed by atoms with E-state index in [0.717, 1.165) is 10.4 Å². The van der Waals surface area contributed by atoms with E-state index in [0.29, 0.717) is 27.7 Å². The number of halogens is 2. The molecule has 0 fully saturated rings. The Morgan fingerprint density at radius 2 is 1.90 bits per heavy atom. The Hall–Kier alpha value is -3.28. The van der Waals surface area contributed by atoms with Crippen LogP contribution < -0.4 is 5.56 Å². The average molecular weight is 452 g/mol. The first-order chi connectivity index (χ1) is 15.0. The van der Waals surface area contributed by atoms with Gasteiger partial charge in [0, 0.05) is 11.3 Å². The fraction of sp³-hybridized carbons (Fsp3) is 0.0870. The molecule has 0 saturated carbocycles. The largest absolute Gasteiger partial charge is 0.300 e. The first kappa shape index (κ1) is 21.0. The third-order valence-corrected chi connectivity index (χ3v) is 6.50. The van der Waals surface area contributed by atoms with E-state index in [-0.39, 0.29) is 11.1 Å². The normalized spacial score (nSPS) is 10.8. The first-order valence-electron chi connectivity index (χ1n) is 9.22. The molecule has 2 heterocycles. The molecule has 0 aliphatic rings. The average Bonchev–Trinajstić information content (AvgIpc) is 3.30. The summed E-state index contributed by atoms with van der Waals surface area (Å²) in [5, 5.41) is 11.6. The first-order valence-corrected chi connectivity index (χ1v) is 11.1. The number of nitrogens with one attached hydrogen (secondary N) is 1. The fourth-order valence-electron chi connectivity index (χ4n) is 3.02. The highest BCUT2D eigenvalue weighted by Crippen LogP contribution is 2.29. The second-order valence-corrected chi connectivity index (χ2v) is 8.65. The van der Waals surface area contributed by atoms with E-state index in [1.54, 1.807) is 6.07 Å². The molecule has 0 unspecified atom stereocenters. The van der Waals surface area contributed by atoms with E-state index in [4.69, 9.17) is 0 Å². The van der Waals surface area contributed by atoms with E-state index < -0.39 is 17.2 Å². The molecule has 0 bridgehead atoms. The molecule has 4 aromatic rings. The van der Waals surface area contributed by atoms with Gasteiger partial charge in [0.05, 0.1) is 4.88 Å². The summed E-state index contributed by atoms with van der Waals surface area (Å²) in [6, 6.07) is 15.5. The summed E-state index contributed by atoms with van der Waals surface area (Å²) in [7, 11) is 0. The van der Waals surface area contributed by atoms with Gasteiger partial charge in [0.2, 0.25) is 0 Å². The van der Waals surface area contributed by atoms with Crippen LogP contribution in [0.3, 0.4) is 0 Å². The summed E-state index contributed by atoms with van der Waals surface area (Å²) in [5.41, 5.74) is 1.90. The zero-order valence-corrected chi connectivity index (χ0v) is 17.9. The smallest absolute Gasteiger partial charge is 0.270 e. The van der Waals surface area contributed by atoms with Gasteiger partial charge in [-0.1, -0.05) is 42.1 Å². The van der Waals surface area contributed by atoms with Crippen molar-refractivity contribution in [1.29, 1.82) is 5.26 Å². The van der Waals surface area contributed by atoms with Gasteiger partial charge in [-0.15, -0.1) is 11.3 Å². The van der Waals surface area contributed by atoms with E-state index in [1.165, 1.54) is 42.2 Å². The molecule has 4 nitrogen and oxygen atoms in total. The van der Waals surface area contributed by atoms with Gasteiger partial charge in [-0.25, -0.2) is 13.8 Å². The summed E-state index contributed by atoms with van der Waals surface area (Å²) in [4.78, 5) is 20.2. The lowest BCUT2D eigenvalue weighted by Crippen LogP contribution is -2.14. The van der Waals surface area contributed by atoms with Crippen LogP contribution in [0.2, 0.25) is 0 Å². The molecule has 8 heteroatoms. The molecular weight excluding hydrogens is 436 g/mol. The summed E-state index contributed by atoms with van der Waals surface area (Å²) < 4.78 is 27.9. The van der Waals surface area contributed by atoms with Crippen molar-refractivity contribution in [3.05, 3.63) is 92.6 Å². The molecule has 31 heavy (non-hydrogen) atoms. The van der Waals surface area contributed by atoms with Gasteiger partial charge >= 0.3 is 0 Å². The van der Waals surface area contributed by atoms with Crippen molar-refractivity contribution in [1.82, 2.24) is 9.97 Å². The Morgan fingerprint density at radius 3 is 2.58 bits per heavy atom. The van der Waals surface area contributed by atoms with Gasteiger partial charge in [0.15, 0.2) is 5.16 Å². The van der Waals surface area contributed by atoms with E-state index in [9.17, 15) is 18.8 Å². The van der Waals surface area contributed by atoms with Crippen molar-refractivity contribution >= 4 is 23.1 Å². The zero-order chi connectivity index (χ0) is 22.0. The number of nitrogens with zero attached hydrogens (tertiary/aromatic N) is 2. The van der Waals surface area contributed by atoms with Gasteiger partial charge in [-0.3, -0.25) is 4.79 Å². The molecule has 4 rings (SSSR count). The molecule has 0 aliphatic heterocycles. The molecule has 1 N–H and O–H groups in total. The second-order valence-electron chi connectivity index (χ2n) is 6.74. The van der Waals surface area contributed by atoms with Crippen LogP contribution in [-0.4, -0.2) is 9.97 Å². The molecule has 0 saturated heterocycles. The summed E-state index contributed by atoms with van der Waals surface area (Å²) in [6.07, 6.45) is 0. The Kier molecular flexibility index (Phi) is 5.98. The minimum Gasteiger partial charge on any atom is -0.300 e. The van der Waals surface area contributed by atoms with Crippen LogP contribution >= 0.6 is 23.1 Å². The number of H-pyrrole nitrogens is 1. The number of nitriles is 1. The van der Waals surface area contributed by atoms with Crippen LogP contribution in [0.5, 0.6) is 0 Å². The predicted molar refractivity (Wildman–Crippen MR) is 119 cm³/mol. The Bertz CT molecular complexity index is 1340. The molecule has 0 amide bonds. The Labute approximate surface area is 185 Å². The van der Waals surface area contributed by atoms with Crippen molar-refractivity contribution in [2.24, 2.45) is 0 Å².